The molecule has 1 amide bonds. The number of benzene rings is 2. The molecular formula is C22H25ClN2O6S. The Kier molecular flexibility index (Phi) is 7.76. The van der Waals surface area contributed by atoms with Crippen LogP contribution in [0.4, 0.5) is 5.69 Å². The summed E-state index contributed by atoms with van der Waals surface area (Å²) in [5.41, 5.74) is 0.357. The van der Waals surface area contributed by atoms with Crippen LogP contribution in [-0.4, -0.2) is 50.9 Å². The lowest BCUT2D eigenvalue weighted by atomic mass is 10.2. The van der Waals surface area contributed by atoms with Crippen LogP contribution >= 0.6 is 11.6 Å². The molecule has 0 aliphatic carbocycles. The van der Waals surface area contributed by atoms with Crippen LogP contribution in [0.2, 0.25) is 5.02 Å². The molecule has 1 fully saturated rings. The SMILES string of the molecule is COc1cccc(C(=O)O[C@H](C)C(=O)Nc2cc(S(=O)(=O)N3CCCCC3)ccc2Cl)c1. The summed E-state index contributed by atoms with van der Waals surface area (Å²) in [5.74, 6) is -0.857. The molecule has 1 N–H and O–H groups in total. The third kappa shape index (κ3) is 5.59. The number of anilines is 1. The van der Waals surface area contributed by atoms with Crippen molar-refractivity contribution in [3.05, 3.63) is 53.1 Å². The minimum Gasteiger partial charge on any atom is -0.497 e. The molecule has 32 heavy (non-hydrogen) atoms. The van der Waals surface area contributed by atoms with E-state index in [9.17, 15) is 18.0 Å². The molecule has 0 aromatic heterocycles. The van der Waals surface area contributed by atoms with E-state index in [2.05, 4.69) is 5.32 Å². The van der Waals surface area contributed by atoms with E-state index in [0.29, 0.717) is 18.8 Å². The Hall–Kier alpha value is -2.62. The summed E-state index contributed by atoms with van der Waals surface area (Å²) >= 11 is 6.17. The second kappa shape index (κ2) is 10.3. The minimum atomic E-state index is -3.69. The van der Waals surface area contributed by atoms with Crippen molar-refractivity contribution in [3.63, 3.8) is 0 Å². The molecule has 2 aromatic rings. The Bertz CT molecular complexity index is 1100. The molecule has 1 saturated heterocycles. The molecule has 1 heterocycles. The number of amides is 1. The highest BCUT2D eigenvalue weighted by atomic mass is 35.5. The maximum atomic E-state index is 12.9. The number of halogens is 1. The van der Waals surface area contributed by atoms with Crippen LogP contribution in [0, 0.1) is 0 Å². The van der Waals surface area contributed by atoms with E-state index in [1.165, 1.54) is 42.6 Å². The highest BCUT2D eigenvalue weighted by molar-refractivity contribution is 7.89. The molecular weight excluding hydrogens is 456 g/mol. The third-order valence-electron chi connectivity index (χ3n) is 5.11. The number of rotatable bonds is 7. The van der Waals surface area contributed by atoms with E-state index >= 15 is 0 Å². The van der Waals surface area contributed by atoms with Crippen LogP contribution in [0.3, 0.4) is 0 Å². The Morgan fingerprint density at radius 1 is 1.09 bits per heavy atom. The van der Waals surface area contributed by atoms with Crippen LogP contribution in [0.25, 0.3) is 0 Å². The predicted octanol–water partition coefficient (Wildman–Crippen LogP) is 3.71. The average molecular weight is 481 g/mol. The molecule has 1 aliphatic rings. The molecule has 2 aromatic carbocycles. The Morgan fingerprint density at radius 3 is 2.50 bits per heavy atom. The first-order valence-electron chi connectivity index (χ1n) is 10.2. The van der Waals surface area contributed by atoms with Crippen molar-refractivity contribution in [2.45, 2.75) is 37.2 Å². The lowest BCUT2D eigenvalue weighted by Gasteiger charge is -2.26. The van der Waals surface area contributed by atoms with Gasteiger partial charge in [-0.3, -0.25) is 4.79 Å². The van der Waals surface area contributed by atoms with E-state index in [1.54, 1.807) is 18.2 Å². The van der Waals surface area contributed by atoms with Crippen molar-refractivity contribution in [1.29, 1.82) is 0 Å². The van der Waals surface area contributed by atoms with Gasteiger partial charge in [-0.25, -0.2) is 13.2 Å². The van der Waals surface area contributed by atoms with E-state index < -0.39 is 28.0 Å². The molecule has 1 aliphatic heterocycles. The van der Waals surface area contributed by atoms with Crippen molar-refractivity contribution >= 4 is 39.2 Å². The van der Waals surface area contributed by atoms with Crippen molar-refractivity contribution in [3.8, 4) is 5.75 Å². The third-order valence-corrected chi connectivity index (χ3v) is 7.33. The van der Waals surface area contributed by atoms with Gasteiger partial charge in [0.15, 0.2) is 6.10 Å². The molecule has 3 rings (SSSR count). The van der Waals surface area contributed by atoms with Crippen LogP contribution in [-0.2, 0) is 19.6 Å². The van der Waals surface area contributed by atoms with Crippen LogP contribution < -0.4 is 10.1 Å². The van der Waals surface area contributed by atoms with Gasteiger partial charge in [-0.05, 0) is 56.2 Å². The Balaban J connectivity index is 1.71. The zero-order chi connectivity index (χ0) is 23.3. The molecule has 0 spiro atoms. The Morgan fingerprint density at radius 2 is 1.81 bits per heavy atom. The number of carbonyl (C=O) groups excluding carboxylic acids is 2. The summed E-state index contributed by atoms with van der Waals surface area (Å²) in [4.78, 5) is 25.0. The fourth-order valence-electron chi connectivity index (χ4n) is 3.28. The number of esters is 1. The number of ether oxygens (including phenoxy) is 2. The number of nitrogens with zero attached hydrogens (tertiary/aromatic N) is 1. The summed E-state index contributed by atoms with van der Waals surface area (Å²) in [7, 11) is -2.22. The molecule has 0 unspecified atom stereocenters. The lowest BCUT2D eigenvalue weighted by Crippen LogP contribution is -2.35. The average Bonchev–Trinajstić information content (AvgIpc) is 2.80. The molecule has 0 bridgehead atoms. The van der Waals surface area contributed by atoms with Gasteiger partial charge in [0.1, 0.15) is 5.75 Å². The van der Waals surface area contributed by atoms with Gasteiger partial charge in [0.05, 0.1) is 28.3 Å². The molecule has 10 heteroatoms. The normalized spacial score (nSPS) is 15.6. The van der Waals surface area contributed by atoms with E-state index in [-0.39, 0.29) is 21.2 Å². The zero-order valence-corrected chi connectivity index (χ0v) is 19.4. The predicted molar refractivity (Wildman–Crippen MR) is 121 cm³/mol. The standard InChI is InChI=1S/C22H25ClN2O6S/c1-15(31-22(27)16-7-6-8-17(13-16)30-2)21(26)24-20-14-18(9-10-19(20)23)32(28,29)25-11-4-3-5-12-25/h6-10,13-15H,3-5,11-12H2,1-2H3,(H,24,26)/t15-/m1/s1. The fraction of sp³-hybridized carbons (Fsp3) is 0.364. The molecule has 8 nitrogen and oxygen atoms in total. The van der Waals surface area contributed by atoms with Gasteiger partial charge in [-0.2, -0.15) is 4.31 Å². The molecule has 0 radical (unpaired) electrons. The number of piperidine rings is 1. The van der Waals surface area contributed by atoms with Crippen molar-refractivity contribution in [2.75, 3.05) is 25.5 Å². The first-order chi connectivity index (χ1) is 15.2. The smallest absolute Gasteiger partial charge is 0.339 e. The minimum absolute atomic E-state index is 0.0418. The zero-order valence-electron chi connectivity index (χ0n) is 17.8. The monoisotopic (exact) mass is 480 g/mol. The van der Waals surface area contributed by atoms with Gasteiger partial charge >= 0.3 is 5.97 Å². The molecule has 172 valence electrons. The highest BCUT2D eigenvalue weighted by Gasteiger charge is 2.27. The number of sulfonamides is 1. The van der Waals surface area contributed by atoms with Gasteiger partial charge in [0.25, 0.3) is 5.91 Å². The number of hydrogen-bond donors (Lipinski definition) is 1. The number of methoxy groups -OCH3 is 1. The fourth-order valence-corrected chi connectivity index (χ4v) is 4.99. The van der Waals surface area contributed by atoms with E-state index in [1.807, 2.05) is 0 Å². The van der Waals surface area contributed by atoms with Crippen molar-refractivity contribution in [2.24, 2.45) is 0 Å². The summed E-state index contributed by atoms with van der Waals surface area (Å²) < 4.78 is 37.6. The second-order valence-corrected chi connectivity index (χ2v) is 9.72. The summed E-state index contributed by atoms with van der Waals surface area (Å²) in [6, 6.07) is 10.5. The largest absolute Gasteiger partial charge is 0.497 e. The number of nitrogens with one attached hydrogen (secondary N) is 1. The first-order valence-corrected chi connectivity index (χ1v) is 12.0. The number of carbonyl (C=O) groups is 2. The first kappa shape index (κ1) is 24.0. The van der Waals surface area contributed by atoms with Gasteiger partial charge in [0.2, 0.25) is 10.0 Å². The van der Waals surface area contributed by atoms with Gasteiger partial charge in [0, 0.05) is 13.1 Å². The van der Waals surface area contributed by atoms with Crippen LogP contribution in [0.5, 0.6) is 5.75 Å². The number of hydrogen-bond acceptors (Lipinski definition) is 6. The Labute approximate surface area is 192 Å². The highest BCUT2D eigenvalue weighted by Crippen LogP contribution is 2.28. The maximum absolute atomic E-state index is 12.9. The lowest BCUT2D eigenvalue weighted by molar-refractivity contribution is -0.123. The van der Waals surface area contributed by atoms with E-state index in [4.69, 9.17) is 21.1 Å². The quantitative estimate of drug-likeness (QED) is 0.606. The maximum Gasteiger partial charge on any atom is 0.339 e. The van der Waals surface area contributed by atoms with Gasteiger partial charge in [-0.15, -0.1) is 0 Å². The van der Waals surface area contributed by atoms with Gasteiger partial charge < -0.3 is 14.8 Å². The van der Waals surface area contributed by atoms with Crippen LogP contribution in [0.1, 0.15) is 36.5 Å². The van der Waals surface area contributed by atoms with E-state index in [0.717, 1.165) is 19.3 Å². The molecule has 1 atom stereocenters. The van der Waals surface area contributed by atoms with Gasteiger partial charge in [-0.1, -0.05) is 24.1 Å². The topological polar surface area (TPSA) is 102 Å². The van der Waals surface area contributed by atoms with Crippen molar-refractivity contribution in [1.82, 2.24) is 4.31 Å². The van der Waals surface area contributed by atoms with Crippen LogP contribution in [0.15, 0.2) is 47.4 Å². The van der Waals surface area contributed by atoms with Crippen molar-refractivity contribution < 1.29 is 27.5 Å². The summed E-state index contributed by atoms with van der Waals surface area (Å²) in [6.45, 7) is 2.34. The summed E-state index contributed by atoms with van der Waals surface area (Å²) in [6.07, 6.45) is 1.48. The summed E-state index contributed by atoms with van der Waals surface area (Å²) in [5, 5.41) is 2.72. The molecule has 0 saturated carbocycles. The second-order valence-electron chi connectivity index (χ2n) is 7.38.